The fourth-order valence-electron chi connectivity index (χ4n) is 3.64. The Balaban J connectivity index is 1.40. The molecular weight excluding hydrogens is 344 g/mol. The van der Waals surface area contributed by atoms with Gasteiger partial charge in [0.2, 0.25) is 0 Å². The second-order valence-corrected chi connectivity index (χ2v) is 6.98. The summed E-state index contributed by atoms with van der Waals surface area (Å²) >= 11 is 0. The van der Waals surface area contributed by atoms with E-state index >= 15 is 0 Å². The van der Waals surface area contributed by atoms with Crippen LogP contribution in [0.4, 0.5) is 0 Å². The van der Waals surface area contributed by atoms with Crippen molar-refractivity contribution in [2.75, 3.05) is 26.8 Å². The number of hydrogen-bond donors (Lipinski definition) is 0. The highest BCUT2D eigenvalue weighted by Gasteiger charge is 2.27. The minimum absolute atomic E-state index is 0.0425. The van der Waals surface area contributed by atoms with Crippen LogP contribution in [0.15, 0.2) is 42.9 Å². The van der Waals surface area contributed by atoms with Crippen molar-refractivity contribution in [3.05, 3.63) is 48.4 Å². The first kappa shape index (κ1) is 17.5. The van der Waals surface area contributed by atoms with Crippen LogP contribution >= 0.6 is 0 Å². The van der Waals surface area contributed by atoms with Crippen molar-refractivity contribution in [2.24, 2.45) is 13.0 Å². The number of aromatic nitrogens is 3. The van der Waals surface area contributed by atoms with E-state index in [1.165, 1.54) is 0 Å². The number of benzene rings is 1. The summed E-state index contributed by atoms with van der Waals surface area (Å²) in [7, 11) is 3.57. The number of aryl methyl sites for hydroxylation is 1. The van der Waals surface area contributed by atoms with Gasteiger partial charge in [-0.15, -0.1) is 0 Å². The van der Waals surface area contributed by atoms with Gasteiger partial charge in [-0.25, -0.2) is 4.52 Å². The number of nitrogens with zero attached hydrogens (tertiary/aromatic N) is 4. The molecule has 142 valence electrons. The number of imidazole rings is 1. The lowest BCUT2D eigenvalue weighted by Gasteiger charge is -2.32. The molecule has 1 aromatic carbocycles. The van der Waals surface area contributed by atoms with E-state index in [1.54, 1.807) is 17.8 Å². The van der Waals surface area contributed by atoms with E-state index in [0.29, 0.717) is 24.6 Å². The lowest BCUT2D eigenvalue weighted by atomic mass is 9.98. The zero-order chi connectivity index (χ0) is 18.8. The number of ether oxygens (including phenoxy) is 2. The fraction of sp³-hybridized carbons (Fsp3) is 0.400. The molecule has 0 radical (unpaired) electrons. The number of amides is 1. The molecule has 0 aliphatic carbocycles. The molecular formula is C20H24N4O3. The molecule has 7 nitrogen and oxygen atoms in total. The topological polar surface area (TPSA) is 61.0 Å². The van der Waals surface area contributed by atoms with Gasteiger partial charge in [-0.05, 0) is 37.1 Å². The van der Waals surface area contributed by atoms with Crippen LogP contribution in [0.3, 0.4) is 0 Å². The minimum Gasteiger partial charge on any atom is -0.497 e. The molecule has 0 spiro atoms. The van der Waals surface area contributed by atoms with E-state index < -0.39 is 0 Å². The van der Waals surface area contributed by atoms with Gasteiger partial charge in [0.05, 0.1) is 19.9 Å². The third-order valence-electron chi connectivity index (χ3n) is 5.12. The summed E-state index contributed by atoms with van der Waals surface area (Å²) in [6.07, 6.45) is 7.47. The largest absolute Gasteiger partial charge is 0.497 e. The highest BCUT2D eigenvalue weighted by molar-refractivity contribution is 5.99. The molecule has 1 aliphatic heterocycles. The second-order valence-electron chi connectivity index (χ2n) is 6.98. The van der Waals surface area contributed by atoms with Crippen LogP contribution in [0.1, 0.15) is 23.2 Å². The number of carbonyl (C=O) groups excluding carboxylic acids is 1. The van der Waals surface area contributed by atoms with Crippen molar-refractivity contribution in [1.82, 2.24) is 19.1 Å². The highest BCUT2D eigenvalue weighted by atomic mass is 16.5. The van der Waals surface area contributed by atoms with Gasteiger partial charge in [0.15, 0.2) is 0 Å². The number of rotatable bonds is 5. The molecule has 0 unspecified atom stereocenters. The summed E-state index contributed by atoms with van der Waals surface area (Å²) in [5.41, 5.74) is 1.48. The zero-order valence-corrected chi connectivity index (χ0v) is 15.7. The van der Waals surface area contributed by atoms with Crippen molar-refractivity contribution >= 4 is 11.6 Å². The SMILES string of the molecule is COc1ccc(OC[C@H]2CCCN(C(=O)c3cnn4ccn(C)c34)C2)cc1. The maximum Gasteiger partial charge on any atom is 0.259 e. The molecule has 4 rings (SSSR count). The fourth-order valence-corrected chi connectivity index (χ4v) is 3.64. The Labute approximate surface area is 158 Å². The molecule has 1 aliphatic rings. The molecule has 3 aromatic rings. The Morgan fingerprint density at radius 3 is 2.78 bits per heavy atom. The van der Waals surface area contributed by atoms with Crippen LogP contribution in [0.2, 0.25) is 0 Å². The first-order valence-corrected chi connectivity index (χ1v) is 9.20. The summed E-state index contributed by atoms with van der Waals surface area (Å²) in [6, 6.07) is 7.58. The van der Waals surface area contributed by atoms with Gasteiger partial charge < -0.3 is 18.9 Å². The van der Waals surface area contributed by atoms with Crippen molar-refractivity contribution < 1.29 is 14.3 Å². The van der Waals surface area contributed by atoms with Crippen LogP contribution in [0.5, 0.6) is 11.5 Å². The molecule has 2 aromatic heterocycles. The Morgan fingerprint density at radius 2 is 2.00 bits per heavy atom. The third-order valence-corrected chi connectivity index (χ3v) is 5.12. The molecule has 1 atom stereocenters. The molecule has 27 heavy (non-hydrogen) atoms. The molecule has 0 bridgehead atoms. The summed E-state index contributed by atoms with van der Waals surface area (Å²) in [5, 5.41) is 4.28. The van der Waals surface area contributed by atoms with E-state index in [-0.39, 0.29) is 5.91 Å². The Morgan fingerprint density at radius 1 is 1.22 bits per heavy atom. The summed E-state index contributed by atoms with van der Waals surface area (Å²) in [4.78, 5) is 14.9. The number of fused-ring (bicyclic) bond motifs is 1. The Kier molecular flexibility index (Phi) is 4.75. The van der Waals surface area contributed by atoms with Crippen molar-refractivity contribution in [3.8, 4) is 11.5 Å². The van der Waals surface area contributed by atoms with E-state index in [2.05, 4.69) is 5.10 Å². The molecule has 0 saturated carbocycles. The normalized spacial score (nSPS) is 17.3. The highest BCUT2D eigenvalue weighted by Crippen LogP contribution is 2.23. The molecule has 7 heteroatoms. The van der Waals surface area contributed by atoms with Crippen molar-refractivity contribution in [3.63, 3.8) is 0 Å². The van der Waals surface area contributed by atoms with Crippen LogP contribution in [-0.4, -0.2) is 51.8 Å². The van der Waals surface area contributed by atoms with Gasteiger partial charge >= 0.3 is 0 Å². The second kappa shape index (κ2) is 7.34. The summed E-state index contributed by atoms with van der Waals surface area (Å²) < 4.78 is 14.8. The van der Waals surface area contributed by atoms with Gasteiger partial charge in [-0.1, -0.05) is 0 Å². The maximum absolute atomic E-state index is 13.0. The van der Waals surface area contributed by atoms with Gasteiger partial charge in [-0.2, -0.15) is 5.10 Å². The lowest BCUT2D eigenvalue weighted by Crippen LogP contribution is -2.41. The summed E-state index contributed by atoms with van der Waals surface area (Å²) in [6.45, 7) is 2.08. The van der Waals surface area contributed by atoms with Crippen LogP contribution < -0.4 is 9.47 Å². The monoisotopic (exact) mass is 368 g/mol. The van der Waals surface area contributed by atoms with Gasteiger partial charge in [0, 0.05) is 38.4 Å². The molecule has 1 amide bonds. The molecule has 3 heterocycles. The first-order valence-electron chi connectivity index (χ1n) is 9.20. The van der Waals surface area contributed by atoms with Crippen LogP contribution in [0, 0.1) is 5.92 Å². The number of likely N-dealkylation sites (tertiary alicyclic amines) is 1. The quantitative estimate of drug-likeness (QED) is 0.695. The molecule has 1 fully saturated rings. The third kappa shape index (κ3) is 3.49. The average molecular weight is 368 g/mol. The Hall–Kier alpha value is -2.96. The zero-order valence-electron chi connectivity index (χ0n) is 15.7. The van der Waals surface area contributed by atoms with E-state index in [9.17, 15) is 4.79 Å². The van der Waals surface area contributed by atoms with Crippen molar-refractivity contribution in [1.29, 1.82) is 0 Å². The van der Waals surface area contributed by atoms with Crippen molar-refractivity contribution in [2.45, 2.75) is 12.8 Å². The molecule has 1 saturated heterocycles. The maximum atomic E-state index is 13.0. The smallest absolute Gasteiger partial charge is 0.259 e. The standard InChI is InChI=1S/C20H24N4O3/c1-22-10-11-24-19(22)18(12-21-24)20(25)23-9-3-4-15(13-23)14-27-17-7-5-16(26-2)6-8-17/h5-8,10-12,15H,3-4,9,13-14H2,1-2H3/t15-/m0/s1. The first-order chi connectivity index (χ1) is 13.2. The van der Waals surface area contributed by atoms with E-state index in [0.717, 1.165) is 36.5 Å². The van der Waals surface area contributed by atoms with Crippen LogP contribution in [-0.2, 0) is 7.05 Å². The number of piperidine rings is 1. The lowest BCUT2D eigenvalue weighted by molar-refractivity contribution is 0.0635. The van der Waals surface area contributed by atoms with Gasteiger partial charge in [0.1, 0.15) is 22.7 Å². The minimum atomic E-state index is 0.0425. The van der Waals surface area contributed by atoms with Gasteiger partial charge in [0.25, 0.3) is 5.91 Å². The number of methoxy groups -OCH3 is 1. The number of hydrogen-bond acceptors (Lipinski definition) is 4. The van der Waals surface area contributed by atoms with Gasteiger partial charge in [-0.3, -0.25) is 4.79 Å². The van der Waals surface area contributed by atoms with E-state index in [1.807, 2.05) is 53.2 Å². The van der Waals surface area contributed by atoms with E-state index in [4.69, 9.17) is 9.47 Å². The predicted molar refractivity (Wildman–Crippen MR) is 101 cm³/mol. The summed E-state index contributed by atoms with van der Waals surface area (Å²) in [5.74, 6) is 2.00. The Bertz CT molecular complexity index is 929. The predicted octanol–water partition coefficient (Wildman–Crippen LogP) is 2.61. The molecule has 0 N–H and O–H groups in total. The average Bonchev–Trinajstić information content (AvgIpc) is 3.29. The van der Waals surface area contributed by atoms with Crippen LogP contribution in [0.25, 0.3) is 5.65 Å². The number of carbonyl (C=O) groups is 1.